The summed E-state index contributed by atoms with van der Waals surface area (Å²) in [6.45, 7) is 0. The van der Waals surface area contributed by atoms with Crippen LogP contribution in [0.4, 0.5) is 22.0 Å². The maximum absolute atomic E-state index is 12.5. The number of hydrogen-bond acceptors (Lipinski definition) is 2. The maximum Gasteiger partial charge on any atom is 0.395 e. The highest BCUT2D eigenvalue weighted by Crippen LogP contribution is 2.40. The summed E-state index contributed by atoms with van der Waals surface area (Å²) in [5, 5.41) is 0. The van der Waals surface area contributed by atoms with Crippen LogP contribution in [0.3, 0.4) is 0 Å². The smallest absolute Gasteiger partial charge is 0.242 e. The van der Waals surface area contributed by atoms with Crippen molar-refractivity contribution in [3.05, 3.63) is 0 Å². The molecule has 0 spiro atoms. The first-order valence-electron chi connectivity index (χ1n) is 3.22. The van der Waals surface area contributed by atoms with Crippen LogP contribution in [0.25, 0.3) is 0 Å². The largest absolute Gasteiger partial charge is 0.395 e. The van der Waals surface area contributed by atoms with Crippen molar-refractivity contribution in [2.45, 2.75) is 17.9 Å². The topological polar surface area (TPSA) is 34.1 Å². The van der Waals surface area contributed by atoms with Gasteiger partial charge < -0.3 is 0 Å². The normalized spacial score (nSPS) is 39.3. The highest BCUT2D eigenvalue weighted by molar-refractivity contribution is 7.92. The second-order valence-corrected chi connectivity index (χ2v) is 4.88. The van der Waals surface area contributed by atoms with Gasteiger partial charge in [-0.3, -0.25) is 0 Å². The van der Waals surface area contributed by atoms with E-state index in [0.717, 1.165) is 0 Å². The number of halogens is 5. The third-order valence-electron chi connectivity index (χ3n) is 1.81. The Morgan fingerprint density at radius 1 is 1.15 bits per heavy atom. The summed E-state index contributed by atoms with van der Waals surface area (Å²) in [7, 11) is -4.57. The molecule has 1 rings (SSSR count). The SMILES string of the molecule is O=S1(=O)CC(C(F)(F)F)C(F)C1F. The molecule has 1 saturated heterocycles. The molecule has 0 aromatic carbocycles. The molecule has 1 fully saturated rings. The van der Waals surface area contributed by atoms with Crippen LogP contribution in [0.15, 0.2) is 0 Å². The van der Waals surface area contributed by atoms with E-state index in [4.69, 9.17) is 0 Å². The third kappa shape index (κ3) is 1.77. The summed E-state index contributed by atoms with van der Waals surface area (Å²) in [5.74, 6) is -4.23. The Bertz CT molecular complexity index is 295. The predicted molar refractivity (Wildman–Crippen MR) is 33.1 cm³/mol. The Morgan fingerprint density at radius 3 is 1.77 bits per heavy atom. The first-order valence-corrected chi connectivity index (χ1v) is 4.94. The summed E-state index contributed by atoms with van der Waals surface area (Å²) < 4.78 is 81.5. The van der Waals surface area contributed by atoms with Gasteiger partial charge >= 0.3 is 6.18 Å². The standard InChI is InChI=1S/C5H5F5O2S/c6-3-2(5(8,9)10)1-13(11,12)4(3)7/h2-4H,1H2. The first kappa shape index (κ1) is 10.7. The van der Waals surface area contributed by atoms with E-state index in [1.807, 2.05) is 0 Å². The fourth-order valence-electron chi connectivity index (χ4n) is 1.09. The molecule has 0 radical (unpaired) electrons. The van der Waals surface area contributed by atoms with E-state index in [2.05, 4.69) is 0 Å². The van der Waals surface area contributed by atoms with Gasteiger partial charge in [0.2, 0.25) is 5.50 Å². The molecule has 13 heavy (non-hydrogen) atoms. The molecule has 78 valence electrons. The van der Waals surface area contributed by atoms with Crippen molar-refractivity contribution in [2.75, 3.05) is 5.75 Å². The van der Waals surface area contributed by atoms with Crippen LogP contribution in [0.5, 0.6) is 0 Å². The van der Waals surface area contributed by atoms with Crippen molar-refractivity contribution >= 4 is 9.84 Å². The van der Waals surface area contributed by atoms with Crippen molar-refractivity contribution < 1.29 is 30.4 Å². The lowest BCUT2D eigenvalue weighted by Crippen LogP contribution is -2.31. The van der Waals surface area contributed by atoms with Gasteiger partial charge in [0.1, 0.15) is 5.92 Å². The number of rotatable bonds is 0. The van der Waals surface area contributed by atoms with Gasteiger partial charge in [0, 0.05) is 0 Å². The van der Waals surface area contributed by atoms with Crippen molar-refractivity contribution in [1.82, 2.24) is 0 Å². The molecule has 0 bridgehead atoms. The summed E-state index contributed by atoms with van der Waals surface area (Å²) in [6, 6.07) is 0. The van der Waals surface area contributed by atoms with Crippen LogP contribution in [0.1, 0.15) is 0 Å². The lowest BCUT2D eigenvalue weighted by Gasteiger charge is -2.14. The van der Waals surface area contributed by atoms with E-state index < -0.39 is 39.4 Å². The molecule has 0 amide bonds. The van der Waals surface area contributed by atoms with Gasteiger partial charge in [-0.05, 0) is 0 Å². The summed E-state index contributed by atoms with van der Waals surface area (Å²) in [5.41, 5.74) is -3.04. The Balaban J connectivity index is 2.98. The Hall–Kier alpha value is -0.400. The zero-order chi connectivity index (χ0) is 10.4. The van der Waals surface area contributed by atoms with Gasteiger partial charge in [-0.1, -0.05) is 0 Å². The molecule has 3 unspecified atom stereocenters. The Morgan fingerprint density at radius 2 is 1.62 bits per heavy atom. The molecule has 0 aliphatic carbocycles. The van der Waals surface area contributed by atoms with Gasteiger partial charge in [-0.25, -0.2) is 17.2 Å². The number of sulfone groups is 1. The average molecular weight is 224 g/mol. The summed E-state index contributed by atoms with van der Waals surface area (Å²) in [6.07, 6.45) is -8.00. The second-order valence-electron chi connectivity index (χ2n) is 2.77. The van der Waals surface area contributed by atoms with Gasteiger partial charge in [0.15, 0.2) is 16.0 Å². The van der Waals surface area contributed by atoms with E-state index in [1.54, 1.807) is 0 Å². The van der Waals surface area contributed by atoms with Crippen LogP contribution in [-0.4, -0.2) is 32.0 Å². The summed E-state index contributed by atoms with van der Waals surface area (Å²) >= 11 is 0. The maximum atomic E-state index is 12.5. The predicted octanol–water partition coefficient (Wildman–Crippen LogP) is 1.23. The van der Waals surface area contributed by atoms with E-state index >= 15 is 0 Å². The first-order chi connectivity index (χ1) is 5.66. The molecule has 0 saturated carbocycles. The molecule has 0 aromatic rings. The quantitative estimate of drug-likeness (QED) is 0.580. The zero-order valence-electron chi connectivity index (χ0n) is 6.05. The van der Waals surface area contributed by atoms with E-state index in [-0.39, 0.29) is 0 Å². The molecule has 1 heterocycles. The molecule has 0 aromatic heterocycles. The Kier molecular flexibility index (Phi) is 2.29. The van der Waals surface area contributed by atoms with Crippen molar-refractivity contribution in [3.63, 3.8) is 0 Å². The monoisotopic (exact) mass is 224 g/mol. The minimum absolute atomic E-state index is 1.50. The van der Waals surface area contributed by atoms with Crippen molar-refractivity contribution in [2.24, 2.45) is 5.92 Å². The molecule has 0 N–H and O–H groups in total. The minimum Gasteiger partial charge on any atom is -0.242 e. The lowest BCUT2D eigenvalue weighted by atomic mass is 10.1. The van der Waals surface area contributed by atoms with Gasteiger partial charge in [-0.15, -0.1) is 0 Å². The fraction of sp³-hybridized carbons (Fsp3) is 1.00. The molecule has 1 aliphatic heterocycles. The van der Waals surface area contributed by atoms with Crippen molar-refractivity contribution in [3.8, 4) is 0 Å². The van der Waals surface area contributed by atoms with Crippen LogP contribution in [-0.2, 0) is 9.84 Å². The number of hydrogen-bond donors (Lipinski definition) is 0. The van der Waals surface area contributed by atoms with Crippen LogP contribution < -0.4 is 0 Å². The highest BCUT2D eigenvalue weighted by atomic mass is 32.2. The van der Waals surface area contributed by atoms with Crippen LogP contribution >= 0.6 is 0 Å². The fourth-order valence-corrected chi connectivity index (χ4v) is 2.73. The molecule has 1 aliphatic rings. The van der Waals surface area contributed by atoms with Gasteiger partial charge in [0.25, 0.3) is 0 Å². The van der Waals surface area contributed by atoms with Gasteiger partial charge in [0.05, 0.1) is 5.75 Å². The van der Waals surface area contributed by atoms with E-state index in [1.165, 1.54) is 0 Å². The minimum atomic E-state index is -5.01. The second kappa shape index (κ2) is 2.79. The lowest BCUT2D eigenvalue weighted by molar-refractivity contribution is -0.183. The molecular formula is C5H5F5O2S. The number of alkyl halides is 5. The van der Waals surface area contributed by atoms with E-state index in [0.29, 0.717) is 0 Å². The summed E-state index contributed by atoms with van der Waals surface area (Å²) in [4.78, 5) is 0. The van der Waals surface area contributed by atoms with Crippen molar-refractivity contribution in [1.29, 1.82) is 0 Å². The Labute approximate surface area is 70.6 Å². The van der Waals surface area contributed by atoms with E-state index in [9.17, 15) is 30.4 Å². The third-order valence-corrected chi connectivity index (χ3v) is 3.58. The molecule has 3 atom stereocenters. The van der Waals surface area contributed by atoms with Crippen LogP contribution in [0, 0.1) is 5.92 Å². The highest BCUT2D eigenvalue weighted by Gasteiger charge is 2.59. The molecule has 2 nitrogen and oxygen atoms in total. The molecule has 8 heteroatoms. The zero-order valence-corrected chi connectivity index (χ0v) is 6.87. The average Bonchev–Trinajstić information content (AvgIpc) is 2.12. The van der Waals surface area contributed by atoms with Gasteiger partial charge in [-0.2, -0.15) is 13.2 Å². The molecular weight excluding hydrogens is 219 g/mol. The van der Waals surface area contributed by atoms with Crippen LogP contribution in [0.2, 0.25) is 0 Å².